The first-order valence-corrected chi connectivity index (χ1v) is 7.99. The third kappa shape index (κ3) is 3.78. The van der Waals surface area contributed by atoms with E-state index in [-0.39, 0.29) is 0 Å². The van der Waals surface area contributed by atoms with Gasteiger partial charge in [0, 0.05) is 19.0 Å². The van der Waals surface area contributed by atoms with Gasteiger partial charge < -0.3 is 5.32 Å². The molecule has 0 saturated carbocycles. The van der Waals surface area contributed by atoms with Gasteiger partial charge in [-0.15, -0.1) is 0 Å². The third-order valence-corrected chi connectivity index (χ3v) is 4.18. The van der Waals surface area contributed by atoms with Gasteiger partial charge in [-0.3, -0.25) is 4.99 Å². The molecule has 2 nitrogen and oxygen atoms in total. The normalized spacial score (nSPS) is 17.7. The Labute approximate surface area is 139 Å². The summed E-state index contributed by atoms with van der Waals surface area (Å²) in [6.45, 7) is 2.63. The van der Waals surface area contributed by atoms with Crippen LogP contribution in [0.25, 0.3) is 11.1 Å². The van der Waals surface area contributed by atoms with Crippen molar-refractivity contribution in [2.75, 3.05) is 0 Å². The zero-order chi connectivity index (χ0) is 17.2. The number of benzene rings is 2. The van der Waals surface area contributed by atoms with E-state index in [1.54, 1.807) is 6.07 Å². The molecule has 3 rings (SSSR count). The zero-order valence-electron chi connectivity index (χ0n) is 13.4. The maximum absolute atomic E-state index is 12.9. The number of nitrogens with zero attached hydrogens (tertiary/aromatic N) is 1. The van der Waals surface area contributed by atoms with E-state index in [9.17, 15) is 13.2 Å². The van der Waals surface area contributed by atoms with Gasteiger partial charge in [-0.25, -0.2) is 0 Å². The van der Waals surface area contributed by atoms with Gasteiger partial charge in [0.2, 0.25) is 0 Å². The van der Waals surface area contributed by atoms with Gasteiger partial charge in [0.25, 0.3) is 0 Å². The number of halogens is 3. The maximum Gasteiger partial charge on any atom is 0.416 e. The lowest BCUT2D eigenvalue weighted by Gasteiger charge is -2.13. The summed E-state index contributed by atoms with van der Waals surface area (Å²) in [5.41, 5.74) is 1.71. The van der Waals surface area contributed by atoms with Crippen molar-refractivity contribution in [2.24, 2.45) is 4.99 Å². The molecule has 0 aromatic heterocycles. The summed E-state index contributed by atoms with van der Waals surface area (Å²) in [4.78, 5) is 4.51. The quantitative estimate of drug-likeness (QED) is 0.836. The van der Waals surface area contributed by atoms with Gasteiger partial charge in [-0.1, -0.05) is 36.4 Å². The van der Waals surface area contributed by atoms with Crippen molar-refractivity contribution in [1.29, 1.82) is 0 Å². The molecule has 24 heavy (non-hydrogen) atoms. The SMILES string of the molecule is CC1CCC(NCc2ccccc2-c2cccc(C(F)(F)F)c2)=N1. The molecule has 5 heteroatoms. The van der Waals surface area contributed by atoms with Gasteiger partial charge in [-0.05, 0) is 42.2 Å². The Kier molecular flexibility index (Phi) is 4.60. The van der Waals surface area contributed by atoms with Crippen LogP contribution in [0.15, 0.2) is 53.5 Å². The van der Waals surface area contributed by atoms with Crippen LogP contribution in [0.5, 0.6) is 0 Å². The number of rotatable bonds is 3. The van der Waals surface area contributed by atoms with Crippen molar-refractivity contribution in [3.63, 3.8) is 0 Å². The van der Waals surface area contributed by atoms with E-state index >= 15 is 0 Å². The molecule has 1 aliphatic rings. The van der Waals surface area contributed by atoms with Crippen LogP contribution in [-0.4, -0.2) is 11.9 Å². The Morgan fingerprint density at radius 1 is 1.12 bits per heavy atom. The van der Waals surface area contributed by atoms with Crippen LogP contribution < -0.4 is 5.32 Å². The number of hydrogen-bond acceptors (Lipinski definition) is 2. The molecule has 0 fully saturated rings. The first-order valence-electron chi connectivity index (χ1n) is 7.99. The molecule has 1 unspecified atom stereocenters. The van der Waals surface area contributed by atoms with Gasteiger partial charge in [0.1, 0.15) is 0 Å². The van der Waals surface area contributed by atoms with E-state index in [1.165, 1.54) is 12.1 Å². The van der Waals surface area contributed by atoms with E-state index in [0.29, 0.717) is 18.2 Å². The highest BCUT2D eigenvalue weighted by Gasteiger charge is 2.30. The highest BCUT2D eigenvalue weighted by Crippen LogP contribution is 2.33. The third-order valence-electron chi connectivity index (χ3n) is 4.18. The molecule has 1 atom stereocenters. The Balaban J connectivity index is 1.85. The average molecular weight is 332 g/mol. The van der Waals surface area contributed by atoms with Crippen LogP contribution >= 0.6 is 0 Å². The lowest BCUT2D eigenvalue weighted by molar-refractivity contribution is -0.137. The molecule has 1 heterocycles. The topological polar surface area (TPSA) is 24.4 Å². The highest BCUT2D eigenvalue weighted by molar-refractivity contribution is 5.84. The van der Waals surface area contributed by atoms with E-state index in [1.807, 2.05) is 24.3 Å². The second-order valence-electron chi connectivity index (χ2n) is 6.05. The number of alkyl halides is 3. The van der Waals surface area contributed by atoms with Crippen molar-refractivity contribution in [3.05, 3.63) is 59.7 Å². The molecule has 0 amide bonds. The Morgan fingerprint density at radius 2 is 1.92 bits per heavy atom. The molecule has 1 N–H and O–H groups in total. The van der Waals surface area contributed by atoms with Gasteiger partial charge >= 0.3 is 6.18 Å². The summed E-state index contributed by atoms with van der Waals surface area (Å²) < 4.78 is 38.8. The van der Waals surface area contributed by atoms with Crippen LogP contribution in [-0.2, 0) is 12.7 Å². The van der Waals surface area contributed by atoms with Crippen molar-refractivity contribution in [1.82, 2.24) is 5.32 Å². The molecule has 0 saturated heterocycles. The van der Waals surface area contributed by atoms with Crippen molar-refractivity contribution in [3.8, 4) is 11.1 Å². The molecule has 0 aliphatic carbocycles. The van der Waals surface area contributed by atoms with Crippen molar-refractivity contribution in [2.45, 2.75) is 38.5 Å². The summed E-state index contributed by atoms with van der Waals surface area (Å²) in [5, 5.41) is 3.31. The second kappa shape index (κ2) is 6.67. The first-order chi connectivity index (χ1) is 11.4. The lowest BCUT2D eigenvalue weighted by atomic mass is 9.98. The fraction of sp³-hybridized carbons (Fsp3) is 0.316. The van der Waals surface area contributed by atoms with Crippen LogP contribution in [0, 0.1) is 0 Å². The van der Waals surface area contributed by atoms with Crippen LogP contribution in [0.4, 0.5) is 13.2 Å². The molecule has 2 aromatic carbocycles. The van der Waals surface area contributed by atoms with Crippen LogP contribution in [0.1, 0.15) is 30.9 Å². The minimum Gasteiger partial charge on any atom is -0.370 e. The van der Waals surface area contributed by atoms with E-state index in [4.69, 9.17) is 0 Å². The monoisotopic (exact) mass is 332 g/mol. The van der Waals surface area contributed by atoms with Crippen LogP contribution in [0.3, 0.4) is 0 Å². The summed E-state index contributed by atoms with van der Waals surface area (Å²) >= 11 is 0. The Morgan fingerprint density at radius 3 is 2.62 bits per heavy atom. The number of hydrogen-bond donors (Lipinski definition) is 1. The minimum atomic E-state index is -4.34. The molecule has 1 aliphatic heterocycles. The number of aliphatic imine (C=N–C) groups is 1. The standard InChI is InChI=1S/C19H19F3N2/c1-13-9-10-18(24-13)23-12-15-5-2-3-8-17(15)14-6-4-7-16(11-14)19(20,21)22/h2-8,11,13H,9-10,12H2,1H3,(H,23,24). The van der Waals surface area contributed by atoms with E-state index in [0.717, 1.165) is 35.9 Å². The molecule has 0 spiro atoms. The summed E-state index contributed by atoms with van der Waals surface area (Å²) in [6.07, 6.45) is -2.37. The Hall–Kier alpha value is -2.30. The van der Waals surface area contributed by atoms with Gasteiger partial charge in [0.15, 0.2) is 0 Å². The molecule has 0 bridgehead atoms. The largest absolute Gasteiger partial charge is 0.416 e. The molecular weight excluding hydrogens is 313 g/mol. The molecule has 0 radical (unpaired) electrons. The zero-order valence-corrected chi connectivity index (χ0v) is 13.4. The summed E-state index contributed by atoms with van der Waals surface area (Å²) in [7, 11) is 0. The molecule has 126 valence electrons. The second-order valence-corrected chi connectivity index (χ2v) is 6.05. The fourth-order valence-electron chi connectivity index (χ4n) is 2.89. The predicted octanol–water partition coefficient (Wildman–Crippen LogP) is 5.04. The van der Waals surface area contributed by atoms with E-state index in [2.05, 4.69) is 17.2 Å². The lowest BCUT2D eigenvalue weighted by Crippen LogP contribution is -2.21. The average Bonchev–Trinajstić information content (AvgIpc) is 2.98. The van der Waals surface area contributed by atoms with Crippen LogP contribution in [0.2, 0.25) is 0 Å². The number of amidine groups is 1. The van der Waals surface area contributed by atoms with Gasteiger partial charge in [-0.2, -0.15) is 13.2 Å². The highest BCUT2D eigenvalue weighted by atomic mass is 19.4. The smallest absolute Gasteiger partial charge is 0.370 e. The first kappa shape index (κ1) is 16.6. The van der Waals surface area contributed by atoms with Crippen molar-refractivity contribution < 1.29 is 13.2 Å². The van der Waals surface area contributed by atoms with Gasteiger partial charge in [0.05, 0.1) is 11.4 Å². The summed E-state index contributed by atoms with van der Waals surface area (Å²) in [6, 6.07) is 13.3. The molecule has 2 aromatic rings. The number of nitrogens with one attached hydrogen (secondary N) is 1. The van der Waals surface area contributed by atoms with Crippen molar-refractivity contribution >= 4 is 5.84 Å². The maximum atomic E-state index is 12.9. The van der Waals surface area contributed by atoms with E-state index < -0.39 is 11.7 Å². The predicted molar refractivity (Wildman–Crippen MR) is 89.9 cm³/mol. The minimum absolute atomic E-state index is 0.339. The summed E-state index contributed by atoms with van der Waals surface area (Å²) in [5.74, 6) is 0.973. The fourth-order valence-corrected chi connectivity index (χ4v) is 2.89. The molecular formula is C19H19F3N2. The Bertz CT molecular complexity index is 750.